The Balaban J connectivity index is 0.000000461. The first-order valence-electron chi connectivity index (χ1n) is 4.01. The van der Waals surface area contributed by atoms with E-state index in [1.54, 1.807) is 6.07 Å². The summed E-state index contributed by atoms with van der Waals surface area (Å²) in [5, 5.41) is 0. The summed E-state index contributed by atoms with van der Waals surface area (Å²) in [5.74, 6) is 0. The summed E-state index contributed by atoms with van der Waals surface area (Å²) in [5.41, 5.74) is 0.969. The number of H-pyrrole nitrogens is 1. The maximum atomic E-state index is 10.6. The lowest BCUT2D eigenvalue weighted by Crippen LogP contribution is -2.04. The fourth-order valence-corrected chi connectivity index (χ4v) is 0.699. The van der Waals surface area contributed by atoms with Crippen molar-refractivity contribution in [2.45, 2.75) is 27.2 Å². The second-order valence-corrected chi connectivity index (χ2v) is 1.89. The third kappa shape index (κ3) is 3.61. The lowest BCUT2D eigenvalue weighted by atomic mass is 10.3. The summed E-state index contributed by atoms with van der Waals surface area (Å²) in [6.07, 6.45) is 0.885. The average molecular weight is 153 g/mol. The number of pyridine rings is 1. The Labute approximate surface area is 67.3 Å². The van der Waals surface area contributed by atoms with E-state index in [9.17, 15) is 4.79 Å². The van der Waals surface area contributed by atoms with Gasteiger partial charge in [0.2, 0.25) is 5.56 Å². The highest BCUT2D eigenvalue weighted by molar-refractivity contribution is 5.02. The molecule has 1 rings (SSSR count). The highest BCUT2D eigenvalue weighted by Gasteiger charge is 1.85. The van der Waals surface area contributed by atoms with Crippen LogP contribution in [0.3, 0.4) is 0 Å². The third-order valence-electron chi connectivity index (χ3n) is 1.21. The minimum atomic E-state index is -0.0191. The zero-order chi connectivity index (χ0) is 8.69. The Bertz CT molecular complexity index is 239. The maximum Gasteiger partial charge on any atom is 0.248 e. The number of rotatable bonds is 1. The van der Waals surface area contributed by atoms with E-state index in [0.29, 0.717) is 0 Å². The summed E-state index contributed by atoms with van der Waals surface area (Å²) in [4.78, 5) is 13.3. The number of hydrogen-bond acceptors (Lipinski definition) is 1. The van der Waals surface area contributed by atoms with Crippen molar-refractivity contribution in [1.29, 1.82) is 0 Å². The molecule has 0 saturated heterocycles. The monoisotopic (exact) mass is 153 g/mol. The Morgan fingerprint density at radius 3 is 2.36 bits per heavy atom. The van der Waals surface area contributed by atoms with E-state index in [0.717, 1.165) is 12.1 Å². The molecule has 0 spiro atoms. The van der Waals surface area contributed by atoms with E-state index < -0.39 is 0 Å². The van der Waals surface area contributed by atoms with Crippen LogP contribution in [0, 0.1) is 0 Å². The molecule has 1 heterocycles. The fourth-order valence-electron chi connectivity index (χ4n) is 0.699. The van der Waals surface area contributed by atoms with E-state index in [4.69, 9.17) is 0 Å². The zero-order valence-corrected chi connectivity index (χ0v) is 7.35. The molecule has 2 nitrogen and oxygen atoms in total. The van der Waals surface area contributed by atoms with Gasteiger partial charge < -0.3 is 4.98 Å². The molecule has 2 heteroatoms. The van der Waals surface area contributed by atoms with Crippen molar-refractivity contribution in [1.82, 2.24) is 4.98 Å². The van der Waals surface area contributed by atoms with Crippen LogP contribution in [0.15, 0.2) is 23.0 Å². The molecule has 0 fully saturated rings. The summed E-state index contributed by atoms with van der Waals surface area (Å²) < 4.78 is 0. The molecule has 0 aliphatic heterocycles. The SMILES string of the molecule is CC.CCc1cccc(=O)[nH]1. The van der Waals surface area contributed by atoms with Crippen molar-refractivity contribution in [2.24, 2.45) is 0 Å². The Kier molecular flexibility index (Phi) is 5.17. The summed E-state index contributed by atoms with van der Waals surface area (Å²) in [6, 6.07) is 5.18. The number of aromatic nitrogens is 1. The average Bonchev–Trinajstić information content (AvgIpc) is 2.08. The molecule has 0 bridgehead atoms. The molecule has 0 aliphatic rings. The predicted octanol–water partition coefficient (Wildman–Crippen LogP) is 1.96. The molecule has 0 unspecified atom stereocenters. The standard InChI is InChI=1S/C7H9NO.C2H6/c1-2-6-4-3-5-7(9)8-6;1-2/h3-5H,2H2,1H3,(H,8,9);1-2H3. The zero-order valence-electron chi connectivity index (χ0n) is 7.35. The fraction of sp³-hybridized carbons (Fsp3) is 0.444. The van der Waals surface area contributed by atoms with Gasteiger partial charge in [-0.2, -0.15) is 0 Å². The third-order valence-corrected chi connectivity index (χ3v) is 1.21. The number of aromatic amines is 1. The molecule has 62 valence electrons. The van der Waals surface area contributed by atoms with Gasteiger partial charge in [-0.3, -0.25) is 4.79 Å². The Morgan fingerprint density at radius 2 is 2.00 bits per heavy atom. The molecule has 0 atom stereocenters. The van der Waals surface area contributed by atoms with E-state index in [-0.39, 0.29) is 5.56 Å². The predicted molar refractivity (Wildman–Crippen MR) is 47.8 cm³/mol. The van der Waals surface area contributed by atoms with Gasteiger partial charge >= 0.3 is 0 Å². The van der Waals surface area contributed by atoms with Crippen LogP contribution in [0.25, 0.3) is 0 Å². The molecule has 0 radical (unpaired) electrons. The minimum absolute atomic E-state index is 0.0191. The van der Waals surface area contributed by atoms with Gasteiger partial charge in [0.15, 0.2) is 0 Å². The molecular weight excluding hydrogens is 138 g/mol. The van der Waals surface area contributed by atoms with Crippen LogP contribution in [0.1, 0.15) is 26.5 Å². The second kappa shape index (κ2) is 5.71. The van der Waals surface area contributed by atoms with Gasteiger partial charge in [0, 0.05) is 11.8 Å². The van der Waals surface area contributed by atoms with Crippen molar-refractivity contribution in [3.63, 3.8) is 0 Å². The summed E-state index contributed by atoms with van der Waals surface area (Å²) in [6.45, 7) is 6.01. The van der Waals surface area contributed by atoms with Crippen molar-refractivity contribution < 1.29 is 0 Å². The number of aryl methyl sites for hydroxylation is 1. The lowest BCUT2D eigenvalue weighted by Gasteiger charge is -1.90. The molecule has 1 aromatic rings. The van der Waals surface area contributed by atoms with E-state index in [2.05, 4.69) is 4.98 Å². The van der Waals surface area contributed by atoms with Crippen LogP contribution in [0.5, 0.6) is 0 Å². The molecule has 1 aromatic heterocycles. The lowest BCUT2D eigenvalue weighted by molar-refractivity contribution is 1.01. The first kappa shape index (κ1) is 9.95. The summed E-state index contributed by atoms with van der Waals surface area (Å²) in [7, 11) is 0. The molecule has 11 heavy (non-hydrogen) atoms. The van der Waals surface area contributed by atoms with Crippen LogP contribution in [0.4, 0.5) is 0 Å². The number of hydrogen-bond donors (Lipinski definition) is 1. The van der Waals surface area contributed by atoms with Crippen LogP contribution >= 0.6 is 0 Å². The van der Waals surface area contributed by atoms with Gasteiger partial charge in [-0.15, -0.1) is 0 Å². The van der Waals surface area contributed by atoms with Crippen molar-refractivity contribution in [3.05, 3.63) is 34.2 Å². The van der Waals surface area contributed by atoms with Gasteiger partial charge in [0.05, 0.1) is 0 Å². The molecule has 0 aromatic carbocycles. The molecule has 1 N–H and O–H groups in total. The van der Waals surface area contributed by atoms with Gasteiger partial charge in [-0.25, -0.2) is 0 Å². The first-order chi connectivity index (χ1) is 5.33. The molecule has 0 amide bonds. The van der Waals surface area contributed by atoms with E-state index >= 15 is 0 Å². The minimum Gasteiger partial charge on any atom is -0.326 e. The Hall–Kier alpha value is -1.05. The normalized spacial score (nSPS) is 8.27. The second-order valence-electron chi connectivity index (χ2n) is 1.89. The van der Waals surface area contributed by atoms with Crippen molar-refractivity contribution in [2.75, 3.05) is 0 Å². The molecule has 0 aliphatic carbocycles. The first-order valence-corrected chi connectivity index (χ1v) is 4.01. The van der Waals surface area contributed by atoms with E-state index in [1.807, 2.05) is 26.8 Å². The smallest absolute Gasteiger partial charge is 0.248 e. The van der Waals surface area contributed by atoms with Gasteiger partial charge in [-0.1, -0.05) is 26.8 Å². The molecule has 0 saturated carbocycles. The maximum absolute atomic E-state index is 10.6. The van der Waals surface area contributed by atoms with Crippen LogP contribution < -0.4 is 5.56 Å². The van der Waals surface area contributed by atoms with Crippen molar-refractivity contribution in [3.8, 4) is 0 Å². The molecular formula is C9H15NO. The highest BCUT2D eigenvalue weighted by Crippen LogP contribution is 1.88. The largest absolute Gasteiger partial charge is 0.326 e. The van der Waals surface area contributed by atoms with Crippen LogP contribution in [0.2, 0.25) is 0 Å². The van der Waals surface area contributed by atoms with Crippen molar-refractivity contribution >= 4 is 0 Å². The Morgan fingerprint density at radius 1 is 1.36 bits per heavy atom. The van der Waals surface area contributed by atoms with Gasteiger partial charge in [-0.05, 0) is 12.5 Å². The summed E-state index contributed by atoms with van der Waals surface area (Å²) >= 11 is 0. The number of nitrogens with one attached hydrogen (secondary N) is 1. The quantitative estimate of drug-likeness (QED) is 0.657. The van der Waals surface area contributed by atoms with Gasteiger partial charge in [0.1, 0.15) is 0 Å². The van der Waals surface area contributed by atoms with E-state index in [1.165, 1.54) is 6.07 Å². The van der Waals surface area contributed by atoms with Crippen LogP contribution in [-0.4, -0.2) is 4.98 Å². The topological polar surface area (TPSA) is 32.9 Å². The van der Waals surface area contributed by atoms with Crippen LogP contribution in [-0.2, 0) is 6.42 Å². The van der Waals surface area contributed by atoms with Gasteiger partial charge in [0.25, 0.3) is 0 Å². The highest BCUT2D eigenvalue weighted by atomic mass is 16.1.